The molecule has 1 aliphatic rings. The zero-order chi connectivity index (χ0) is 12.3. The standard InChI is InChI=1S/C15H19NO/c1-11-2-6-13(7-3-11)15(17)14-8-4-12(10-16)5-9-14/h4-5,8-9,11,13,15,17H,2-3,6-7H2,1H3. The van der Waals surface area contributed by atoms with Crippen molar-refractivity contribution in [1.29, 1.82) is 5.26 Å². The Balaban J connectivity index is 2.03. The minimum absolute atomic E-state index is 0.366. The average Bonchev–Trinajstić information content (AvgIpc) is 2.39. The van der Waals surface area contributed by atoms with Crippen molar-refractivity contribution >= 4 is 0 Å². The Morgan fingerprint density at radius 1 is 1.18 bits per heavy atom. The first kappa shape index (κ1) is 12.1. The predicted molar refractivity (Wildman–Crippen MR) is 67.2 cm³/mol. The van der Waals surface area contributed by atoms with E-state index in [0.717, 1.165) is 24.3 Å². The predicted octanol–water partition coefficient (Wildman–Crippen LogP) is 3.42. The molecule has 0 aliphatic heterocycles. The second-order valence-corrected chi connectivity index (χ2v) is 5.20. The highest BCUT2D eigenvalue weighted by molar-refractivity contribution is 5.32. The van der Waals surface area contributed by atoms with Gasteiger partial charge in [0.25, 0.3) is 0 Å². The van der Waals surface area contributed by atoms with Crippen LogP contribution in [-0.2, 0) is 0 Å². The third kappa shape index (κ3) is 2.87. The topological polar surface area (TPSA) is 44.0 Å². The third-order valence-electron chi connectivity index (χ3n) is 3.89. The first-order valence-electron chi connectivity index (χ1n) is 6.39. The van der Waals surface area contributed by atoms with Gasteiger partial charge >= 0.3 is 0 Å². The molecule has 1 unspecified atom stereocenters. The minimum Gasteiger partial charge on any atom is -0.388 e. The van der Waals surface area contributed by atoms with Crippen molar-refractivity contribution in [2.45, 2.75) is 38.7 Å². The maximum absolute atomic E-state index is 10.3. The normalized spacial score (nSPS) is 26.2. The van der Waals surface area contributed by atoms with E-state index < -0.39 is 0 Å². The van der Waals surface area contributed by atoms with E-state index in [-0.39, 0.29) is 6.10 Å². The van der Waals surface area contributed by atoms with Gasteiger partial charge in [-0.3, -0.25) is 0 Å². The molecule has 90 valence electrons. The third-order valence-corrected chi connectivity index (χ3v) is 3.89. The summed E-state index contributed by atoms with van der Waals surface area (Å²) >= 11 is 0. The molecule has 2 heteroatoms. The van der Waals surface area contributed by atoms with E-state index in [4.69, 9.17) is 5.26 Å². The van der Waals surface area contributed by atoms with Gasteiger partial charge in [0, 0.05) is 0 Å². The zero-order valence-electron chi connectivity index (χ0n) is 10.3. The summed E-state index contributed by atoms with van der Waals surface area (Å²) in [5.74, 6) is 1.19. The number of rotatable bonds is 2. The van der Waals surface area contributed by atoms with Crippen LogP contribution in [0.5, 0.6) is 0 Å². The van der Waals surface area contributed by atoms with Crippen molar-refractivity contribution in [2.24, 2.45) is 11.8 Å². The Kier molecular flexibility index (Phi) is 3.81. The first-order chi connectivity index (χ1) is 8.20. The molecule has 0 amide bonds. The average molecular weight is 229 g/mol. The Morgan fingerprint density at radius 2 is 1.76 bits per heavy atom. The Bertz CT molecular complexity index is 396. The molecule has 1 fully saturated rings. The van der Waals surface area contributed by atoms with Crippen LogP contribution in [0.2, 0.25) is 0 Å². The van der Waals surface area contributed by atoms with E-state index >= 15 is 0 Å². The molecule has 0 aromatic heterocycles. The molecule has 0 saturated heterocycles. The van der Waals surface area contributed by atoms with Gasteiger partial charge in [-0.25, -0.2) is 0 Å². The number of nitrogens with zero attached hydrogens (tertiary/aromatic N) is 1. The Labute approximate surface area is 103 Å². The van der Waals surface area contributed by atoms with Crippen molar-refractivity contribution in [1.82, 2.24) is 0 Å². The second kappa shape index (κ2) is 5.33. The quantitative estimate of drug-likeness (QED) is 0.844. The molecule has 2 nitrogen and oxygen atoms in total. The number of hydrogen-bond acceptors (Lipinski definition) is 2. The lowest BCUT2D eigenvalue weighted by molar-refractivity contribution is 0.0756. The van der Waals surface area contributed by atoms with Gasteiger partial charge in [0.2, 0.25) is 0 Å². The molecule has 0 radical (unpaired) electrons. The van der Waals surface area contributed by atoms with E-state index in [1.807, 2.05) is 12.1 Å². The summed E-state index contributed by atoms with van der Waals surface area (Å²) < 4.78 is 0. The lowest BCUT2D eigenvalue weighted by Gasteiger charge is -2.30. The summed E-state index contributed by atoms with van der Waals surface area (Å²) in [6.07, 6.45) is 4.30. The summed E-state index contributed by atoms with van der Waals surface area (Å²) in [6, 6.07) is 9.41. The van der Waals surface area contributed by atoms with E-state index in [1.54, 1.807) is 12.1 Å². The van der Waals surface area contributed by atoms with Crippen molar-refractivity contribution < 1.29 is 5.11 Å². The number of aliphatic hydroxyl groups excluding tert-OH is 1. The number of nitriles is 1. The monoisotopic (exact) mass is 229 g/mol. The molecule has 1 aromatic rings. The fraction of sp³-hybridized carbons (Fsp3) is 0.533. The van der Waals surface area contributed by atoms with Gasteiger partial charge in [-0.2, -0.15) is 5.26 Å². The van der Waals surface area contributed by atoms with Crippen LogP contribution in [-0.4, -0.2) is 5.11 Å². The van der Waals surface area contributed by atoms with Crippen LogP contribution in [0.1, 0.15) is 49.8 Å². The minimum atomic E-state index is -0.366. The van der Waals surface area contributed by atoms with Gasteiger partial charge < -0.3 is 5.11 Å². The molecule has 17 heavy (non-hydrogen) atoms. The molecular weight excluding hydrogens is 210 g/mol. The summed E-state index contributed by atoms with van der Waals surface area (Å²) in [7, 11) is 0. The van der Waals surface area contributed by atoms with Gasteiger partial charge in [0.1, 0.15) is 0 Å². The summed E-state index contributed by atoms with van der Waals surface area (Å²) in [5, 5.41) is 19.0. The molecule has 2 rings (SSSR count). The highest BCUT2D eigenvalue weighted by Crippen LogP contribution is 2.36. The van der Waals surface area contributed by atoms with Crippen molar-refractivity contribution in [3.63, 3.8) is 0 Å². The van der Waals surface area contributed by atoms with Crippen LogP contribution in [0.15, 0.2) is 24.3 Å². The Morgan fingerprint density at radius 3 is 2.29 bits per heavy atom. The van der Waals surface area contributed by atoms with E-state index in [9.17, 15) is 5.11 Å². The van der Waals surface area contributed by atoms with Crippen LogP contribution < -0.4 is 0 Å². The number of hydrogen-bond donors (Lipinski definition) is 1. The molecule has 0 heterocycles. The zero-order valence-corrected chi connectivity index (χ0v) is 10.3. The van der Waals surface area contributed by atoms with Gasteiger partial charge in [-0.15, -0.1) is 0 Å². The van der Waals surface area contributed by atoms with Gasteiger partial charge in [-0.1, -0.05) is 31.9 Å². The highest BCUT2D eigenvalue weighted by atomic mass is 16.3. The first-order valence-corrected chi connectivity index (χ1v) is 6.39. The molecule has 0 spiro atoms. The molecule has 1 aromatic carbocycles. The van der Waals surface area contributed by atoms with E-state index in [0.29, 0.717) is 11.5 Å². The van der Waals surface area contributed by atoms with Crippen LogP contribution in [0, 0.1) is 23.2 Å². The smallest absolute Gasteiger partial charge is 0.0991 e. The van der Waals surface area contributed by atoms with E-state index in [1.165, 1.54) is 12.8 Å². The molecule has 1 aliphatic carbocycles. The van der Waals surface area contributed by atoms with Gasteiger partial charge in [0.15, 0.2) is 0 Å². The fourth-order valence-corrected chi connectivity index (χ4v) is 2.63. The fourth-order valence-electron chi connectivity index (χ4n) is 2.63. The van der Waals surface area contributed by atoms with Crippen LogP contribution in [0.4, 0.5) is 0 Å². The highest BCUT2D eigenvalue weighted by Gasteiger charge is 2.25. The van der Waals surface area contributed by atoms with Crippen molar-refractivity contribution in [3.05, 3.63) is 35.4 Å². The Hall–Kier alpha value is -1.33. The van der Waals surface area contributed by atoms with Crippen molar-refractivity contribution in [3.8, 4) is 6.07 Å². The van der Waals surface area contributed by atoms with Gasteiger partial charge in [-0.05, 0) is 42.4 Å². The van der Waals surface area contributed by atoms with E-state index in [2.05, 4.69) is 13.0 Å². The largest absolute Gasteiger partial charge is 0.388 e. The molecule has 1 saturated carbocycles. The van der Waals surface area contributed by atoms with Crippen LogP contribution >= 0.6 is 0 Å². The SMILES string of the molecule is CC1CCC(C(O)c2ccc(C#N)cc2)CC1. The number of benzene rings is 1. The lowest BCUT2D eigenvalue weighted by atomic mass is 9.78. The van der Waals surface area contributed by atoms with Crippen LogP contribution in [0.3, 0.4) is 0 Å². The second-order valence-electron chi connectivity index (χ2n) is 5.20. The summed E-state index contributed by atoms with van der Waals surface area (Å²) in [6.45, 7) is 2.28. The van der Waals surface area contributed by atoms with Crippen molar-refractivity contribution in [2.75, 3.05) is 0 Å². The summed E-state index contributed by atoms with van der Waals surface area (Å²) in [4.78, 5) is 0. The molecular formula is C15H19NO. The van der Waals surface area contributed by atoms with Crippen LogP contribution in [0.25, 0.3) is 0 Å². The molecule has 1 N–H and O–H groups in total. The molecule has 1 atom stereocenters. The summed E-state index contributed by atoms with van der Waals surface area (Å²) in [5.41, 5.74) is 1.60. The van der Waals surface area contributed by atoms with Gasteiger partial charge in [0.05, 0.1) is 17.7 Å². The number of aliphatic hydroxyl groups is 1. The maximum atomic E-state index is 10.3. The lowest BCUT2D eigenvalue weighted by Crippen LogP contribution is -2.19. The molecule has 0 bridgehead atoms. The maximum Gasteiger partial charge on any atom is 0.0991 e.